The molecular formula is C14H15N3O3. The highest BCUT2D eigenvalue weighted by atomic mass is 17.1. The van der Waals surface area contributed by atoms with E-state index in [0.29, 0.717) is 16.9 Å². The normalized spacial score (nSPS) is 11.2. The van der Waals surface area contributed by atoms with Gasteiger partial charge in [0.1, 0.15) is 18.0 Å². The molecule has 0 spiro atoms. The minimum atomic E-state index is -0.111. The molecule has 0 aliphatic heterocycles. The molecule has 0 bridgehead atoms. The molecule has 0 radical (unpaired) electrons. The predicted octanol–water partition coefficient (Wildman–Crippen LogP) is 3.81. The molecule has 6 nitrogen and oxygen atoms in total. The van der Waals surface area contributed by atoms with Crippen molar-refractivity contribution in [2.75, 3.05) is 0 Å². The molecule has 2 rings (SSSR count). The van der Waals surface area contributed by atoms with Gasteiger partial charge in [-0.2, -0.15) is 5.11 Å². The van der Waals surface area contributed by atoms with Crippen molar-refractivity contribution < 1.29 is 15.3 Å². The maximum absolute atomic E-state index is 9.55. The quantitative estimate of drug-likeness (QED) is 0.503. The highest BCUT2D eigenvalue weighted by molar-refractivity contribution is 5.47. The zero-order chi connectivity index (χ0) is 14.5. The highest BCUT2D eigenvalue weighted by Gasteiger charge is 2.03. The molecular weight excluding hydrogens is 258 g/mol. The van der Waals surface area contributed by atoms with Gasteiger partial charge in [-0.15, -0.1) is 5.11 Å². The number of aromatic hydroxyl groups is 1. The number of benzene rings is 1. The third-order valence-corrected chi connectivity index (χ3v) is 2.75. The molecule has 0 amide bonds. The van der Waals surface area contributed by atoms with Gasteiger partial charge in [0.05, 0.1) is 11.4 Å². The van der Waals surface area contributed by atoms with Crippen LogP contribution in [-0.2, 0) is 11.5 Å². The summed E-state index contributed by atoms with van der Waals surface area (Å²) in [6, 6.07) is 8.40. The second-order valence-corrected chi connectivity index (χ2v) is 4.34. The summed E-state index contributed by atoms with van der Waals surface area (Å²) in [5.41, 5.74) is 3.39. The van der Waals surface area contributed by atoms with Crippen LogP contribution in [0.25, 0.3) is 0 Å². The van der Waals surface area contributed by atoms with Crippen LogP contribution in [0.15, 0.2) is 40.6 Å². The van der Waals surface area contributed by atoms with Gasteiger partial charge in [-0.05, 0) is 44.2 Å². The van der Waals surface area contributed by atoms with E-state index in [1.54, 1.807) is 12.1 Å². The van der Waals surface area contributed by atoms with E-state index in [9.17, 15) is 5.11 Å². The van der Waals surface area contributed by atoms with Gasteiger partial charge in [0.2, 0.25) is 0 Å². The fourth-order valence-corrected chi connectivity index (χ4v) is 1.72. The molecule has 1 heterocycles. The number of hydrogen-bond acceptors (Lipinski definition) is 6. The molecule has 0 saturated carbocycles. The first-order chi connectivity index (χ1) is 9.60. The van der Waals surface area contributed by atoms with Gasteiger partial charge >= 0.3 is 0 Å². The van der Waals surface area contributed by atoms with Crippen LogP contribution in [0.4, 0.5) is 11.4 Å². The molecule has 6 heteroatoms. The van der Waals surface area contributed by atoms with Crippen molar-refractivity contribution >= 4 is 11.4 Å². The molecule has 0 saturated heterocycles. The van der Waals surface area contributed by atoms with Crippen LogP contribution in [0.3, 0.4) is 0 Å². The first kappa shape index (κ1) is 14.1. The molecule has 0 aliphatic rings. The number of aromatic nitrogens is 1. The van der Waals surface area contributed by atoms with Gasteiger partial charge < -0.3 is 5.11 Å². The average Bonchev–Trinajstić information content (AvgIpc) is 2.41. The Hall–Kier alpha value is -2.31. The van der Waals surface area contributed by atoms with E-state index in [0.717, 1.165) is 11.4 Å². The molecule has 2 N–H and O–H groups in total. The monoisotopic (exact) mass is 273 g/mol. The summed E-state index contributed by atoms with van der Waals surface area (Å²) in [7, 11) is 0. The largest absolute Gasteiger partial charge is 0.508 e. The molecule has 1 aromatic heterocycles. The van der Waals surface area contributed by atoms with E-state index in [-0.39, 0.29) is 12.4 Å². The van der Waals surface area contributed by atoms with E-state index in [1.807, 2.05) is 26.0 Å². The average molecular weight is 273 g/mol. The summed E-state index contributed by atoms with van der Waals surface area (Å²) < 4.78 is 0. The maximum Gasteiger partial charge on any atom is 0.121 e. The smallest absolute Gasteiger partial charge is 0.121 e. The molecule has 2 aromatic rings. The summed E-state index contributed by atoms with van der Waals surface area (Å²) in [4.78, 5) is 8.32. The van der Waals surface area contributed by atoms with Crippen LogP contribution in [0.2, 0.25) is 0 Å². The topological polar surface area (TPSA) is 87.3 Å². The fraction of sp³-hybridized carbons (Fsp3) is 0.214. The second-order valence-electron chi connectivity index (χ2n) is 4.34. The third-order valence-electron chi connectivity index (χ3n) is 2.75. The van der Waals surface area contributed by atoms with Crippen LogP contribution in [0.5, 0.6) is 5.75 Å². The van der Waals surface area contributed by atoms with Crippen molar-refractivity contribution in [3.63, 3.8) is 0 Å². The first-order valence-corrected chi connectivity index (χ1v) is 6.04. The van der Waals surface area contributed by atoms with E-state index < -0.39 is 0 Å². The number of phenolic OH excluding ortho intramolecular Hbond substituents is 1. The summed E-state index contributed by atoms with van der Waals surface area (Å²) in [6.07, 6.45) is 0. The Bertz CT molecular complexity index is 642. The van der Waals surface area contributed by atoms with Gasteiger partial charge in [0.25, 0.3) is 0 Å². The molecule has 20 heavy (non-hydrogen) atoms. The number of nitrogens with zero attached hydrogens (tertiary/aromatic N) is 3. The molecule has 0 aliphatic carbocycles. The Morgan fingerprint density at radius 3 is 2.65 bits per heavy atom. The number of aryl methyl sites for hydroxylation is 2. The minimum absolute atomic E-state index is 0.0335. The molecule has 0 unspecified atom stereocenters. The van der Waals surface area contributed by atoms with Crippen molar-refractivity contribution in [3.05, 3.63) is 47.3 Å². The fourth-order valence-electron chi connectivity index (χ4n) is 1.72. The lowest BCUT2D eigenvalue weighted by Gasteiger charge is -2.03. The van der Waals surface area contributed by atoms with E-state index in [2.05, 4.69) is 20.1 Å². The SMILES string of the molecule is Cc1ccc(N=Nc2ccc(O)c(COO)c2)c(C)n1. The van der Waals surface area contributed by atoms with Crippen LogP contribution in [0.1, 0.15) is 17.0 Å². The Kier molecular flexibility index (Phi) is 4.39. The van der Waals surface area contributed by atoms with Crippen molar-refractivity contribution in [1.29, 1.82) is 0 Å². The van der Waals surface area contributed by atoms with E-state index in [4.69, 9.17) is 5.26 Å². The zero-order valence-corrected chi connectivity index (χ0v) is 11.2. The van der Waals surface area contributed by atoms with Gasteiger partial charge in [0.15, 0.2) is 0 Å². The third kappa shape index (κ3) is 3.37. The Morgan fingerprint density at radius 1 is 1.15 bits per heavy atom. The predicted molar refractivity (Wildman–Crippen MR) is 73.4 cm³/mol. The number of pyridine rings is 1. The molecule has 0 fully saturated rings. The van der Waals surface area contributed by atoms with Crippen molar-refractivity contribution in [2.24, 2.45) is 10.2 Å². The van der Waals surface area contributed by atoms with Crippen LogP contribution < -0.4 is 0 Å². The van der Waals surface area contributed by atoms with Crippen LogP contribution in [0, 0.1) is 13.8 Å². The standard InChI is InChI=1S/C14H15N3O3/c1-9-3-5-13(10(2)15-9)17-16-12-4-6-14(18)11(7-12)8-20-19/h3-7,18-19H,8H2,1-2H3. The van der Waals surface area contributed by atoms with E-state index >= 15 is 0 Å². The van der Waals surface area contributed by atoms with Gasteiger partial charge in [0, 0.05) is 11.3 Å². The summed E-state index contributed by atoms with van der Waals surface area (Å²) >= 11 is 0. The van der Waals surface area contributed by atoms with Crippen LogP contribution >= 0.6 is 0 Å². The summed E-state index contributed by atoms with van der Waals surface area (Å²) in [5.74, 6) is 0.0335. The van der Waals surface area contributed by atoms with Crippen molar-refractivity contribution in [1.82, 2.24) is 4.98 Å². The highest BCUT2D eigenvalue weighted by Crippen LogP contribution is 2.26. The number of hydrogen-bond donors (Lipinski definition) is 2. The lowest BCUT2D eigenvalue weighted by Crippen LogP contribution is -1.88. The van der Waals surface area contributed by atoms with Gasteiger partial charge in [-0.1, -0.05) is 0 Å². The zero-order valence-electron chi connectivity index (χ0n) is 11.2. The Morgan fingerprint density at radius 2 is 1.95 bits per heavy atom. The minimum Gasteiger partial charge on any atom is -0.508 e. The number of phenols is 1. The number of azo groups is 1. The molecule has 1 aromatic carbocycles. The van der Waals surface area contributed by atoms with Gasteiger partial charge in [-0.25, -0.2) is 4.89 Å². The Balaban J connectivity index is 2.24. The second kappa shape index (κ2) is 6.23. The maximum atomic E-state index is 9.55. The van der Waals surface area contributed by atoms with Crippen molar-refractivity contribution in [2.45, 2.75) is 20.5 Å². The number of rotatable bonds is 4. The lowest BCUT2D eigenvalue weighted by molar-refractivity contribution is -0.253. The lowest BCUT2D eigenvalue weighted by atomic mass is 10.2. The molecule has 104 valence electrons. The van der Waals surface area contributed by atoms with E-state index in [1.165, 1.54) is 6.07 Å². The van der Waals surface area contributed by atoms with Crippen molar-refractivity contribution in [3.8, 4) is 5.75 Å². The molecule has 0 atom stereocenters. The van der Waals surface area contributed by atoms with Crippen LogP contribution in [-0.4, -0.2) is 15.3 Å². The first-order valence-electron chi connectivity index (χ1n) is 6.04. The Labute approximate surface area is 116 Å². The van der Waals surface area contributed by atoms with Gasteiger partial charge in [-0.3, -0.25) is 10.2 Å². The summed E-state index contributed by atoms with van der Waals surface area (Å²) in [6.45, 7) is 3.67. The summed E-state index contributed by atoms with van der Waals surface area (Å²) in [5, 5.41) is 26.2.